The van der Waals surface area contributed by atoms with E-state index in [1.807, 2.05) is 0 Å². The summed E-state index contributed by atoms with van der Waals surface area (Å²) in [6.45, 7) is 0.184. The Bertz CT molecular complexity index is 650. The summed E-state index contributed by atoms with van der Waals surface area (Å²) in [7, 11) is -2.28. The Morgan fingerprint density at radius 3 is 2.79 bits per heavy atom. The molecule has 6 nitrogen and oxygen atoms in total. The number of rotatable bonds is 4. The Morgan fingerprint density at radius 1 is 1.47 bits per heavy atom. The van der Waals surface area contributed by atoms with Crippen LogP contribution in [-0.4, -0.2) is 30.0 Å². The molecular formula is C11H13ClN4O2S. The van der Waals surface area contributed by atoms with Gasteiger partial charge in [-0.15, -0.1) is 0 Å². The third kappa shape index (κ3) is 2.73. The monoisotopic (exact) mass is 300 g/mol. The van der Waals surface area contributed by atoms with Gasteiger partial charge in [0.2, 0.25) is 10.0 Å². The first-order valence-corrected chi connectivity index (χ1v) is 7.22. The summed E-state index contributed by atoms with van der Waals surface area (Å²) in [6.07, 6.45) is 3.18. The van der Waals surface area contributed by atoms with E-state index in [-0.39, 0.29) is 22.2 Å². The summed E-state index contributed by atoms with van der Waals surface area (Å²) in [5.74, 6) is 0. The smallest absolute Gasteiger partial charge is 0.246 e. The average molecular weight is 301 g/mol. The highest BCUT2D eigenvalue weighted by Gasteiger charge is 2.26. The second kappa shape index (κ2) is 5.20. The van der Waals surface area contributed by atoms with Crippen molar-refractivity contribution >= 4 is 27.3 Å². The van der Waals surface area contributed by atoms with Crippen LogP contribution in [0, 0.1) is 0 Å². The lowest BCUT2D eigenvalue weighted by Gasteiger charge is -2.18. The first kappa shape index (κ1) is 13.9. The molecule has 3 N–H and O–H groups in total. The van der Waals surface area contributed by atoms with Crippen LogP contribution in [-0.2, 0) is 16.6 Å². The molecule has 8 heteroatoms. The lowest BCUT2D eigenvalue weighted by Crippen LogP contribution is -2.27. The average Bonchev–Trinajstić information content (AvgIpc) is 2.81. The highest BCUT2D eigenvalue weighted by molar-refractivity contribution is 7.89. The van der Waals surface area contributed by atoms with Crippen molar-refractivity contribution in [1.29, 1.82) is 0 Å². The molecule has 1 aromatic carbocycles. The molecule has 2 aromatic rings. The Kier molecular flexibility index (Phi) is 3.79. The van der Waals surface area contributed by atoms with Crippen LogP contribution in [0.25, 0.3) is 0 Å². The van der Waals surface area contributed by atoms with Crippen molar-refractivity contribution in [3.8, 4) is 0 Å². The van der Waals surface area contributed by atoms with E-state index in [1.54, 1.807) is 18.5 Å². The predicted molar refractivity (Wildman–Crippen MR) is 73.1 cm³/mol. The molecule has 0 spiro atoms. The van der Waals surface area contributed by atoms with Crippen LogP contribution < -0.4 is 5.73 Å². The molecule has 1 aromatic heterocycles. The first-order chi connectivity index (χ1) is 8.93. The number of halogens is 1. The number of sulfonamides is 1. The summed E-state index contributed by atoms with van der Waals surface area (Å²) in [5.41, 5.74) is 6.59. The second-order valence-corrected chi connectivity index (χ2v) is 6.41. The molecule has 0 unspecified atom stereocenters. The number of H-pyrrole nitrogens is 1. The Labute approximate surface area is 116 Å². The van der Waals surface area contributed by atoms with Crippen molar-refractivity contribution in [1.82, 2.24) is 14.5 Å². The number of aromatic nitrogens is 2. The van der Waals surface area contributed by atoms with Gasteiger partial charge in [-0.05, 0) is 12.1 Å². The van der Waals surface area contributed by atoms with Crippen LogP contribution in [0.4, 0.5) is 5.69 Å². The predicted octanol–water partition coefficient (Wildman–Crippen LogP) is 1.47. The fraction of sp³-hybridized carbons (Fsp3) is 0.182. The van der Waals surface area contributed by atoms with E-state index in [1.165, 1.54) is 23.5 Å². The molecule has 19 heavy (non-hydrogen) atoms. The molecule has 2 rings (SSSR count). The molecule has 0 amide bonds. The van der Waals surface area contributed by atoms with Crippen LogP contribution in [0.15, 0.2) is 35.5 Å². The quantitative estimate of drug-likeness (QED) is 0.836. The maximum atomic E-state index is 12.4. The molecule has 0 aliphatic rings. The van der Waals surface area contributed by atoms with Gasteiger partial charge < -0.3 is 5.73 Å². The first-order valence-electron chi connectivity index (χ1n) is 5.41. The van der Waals surface area contributed by atoms with Crippen molar-refractivity contribution in [2.75, 3.05) is 12.8 Å². The molecule has 0 saturated heterocycles. The van der Waals surface area contributed by atoms with Crippen LogP contribution in [0.1, 0.15) is 5.56 Å². The fourth-order valence-corrected chi connectivity index (χ4v) is 3.45. The molecule has 0 radical (unpaired) electrons. The molecule has 0 atom stereocenters. The number of nitrogens with zero attached hydrogens (tertiary/aromatic N) is 2. The molecule has 0 aliphatic carbocycles. The summed E-state index contributed by atoms with van der Waals surface area (Å²) in [4.78, 5) is -0.0670. The third-order valence-corrected chi connectivity index (χ3v) is 4.97. The van der Waals surface area contributed by atoms with Gasteiger partial charge in [0.05, 0.1) is 16.9 Å². The molecule has 0 fully saturated rings. The van der Waals surface area contributed by atoms with Gasteiger partial charge in [0.15, 0.2) is 0 Å². The van der Waals surface area contributed by atoms with Crippen molar-refractivity contribution in [2.24, 2.45) is 0 Å². The highest BCUT2D eigenvalue weighted by atomic mass is 35.5. The second-order valence-electron chi connectivity index (χ2n) is 4.03. The lowest BCUT2D eigenvalue weighted by molar-refractivity contribution is 0.467. The zero-order valence-corrected chi connectivity index (χ0v) is 11.7. The van der Waals surface area contributed by atoms with Crippen molar-refractivity contribution in [3.05, 3.63) is 41.2 Å². The number of aromatic amines is 1. The third-order valence-electron chi connectivity index (χ3n) is 2.63. The van der Waals surface area contributed by atoms with E-state index in [0.717, 1.165) is 5.56 Å². The van der Waals surface area contributed by atoms with Gasteiger partial charge >= 0.3 is 0 Å². The number of nitrogens with one attached hydrogen (secondary N) is 1. The summed E-state index contributed by atoms with van der Waals surface area (Å²) < 4.78 is 26.0. The summed E-state index contributed by atoms with van der Waals surface area (Å²) >= 11 is 5.94. The summed E-state index contributed by atoms with van der Waals surface area (Å²) in [6, 6.07) is 4.60. The number of nitrogen functional groups attached to an aromatic ring is 1. The molecule has 0 saturated carbocycles. The van der Waals surface area contributed by atoms with Gasteiger partial charge in [0, 0.05) is 25.4 Å². The number of hydrogen-bond donors (Lipinski definition) is 2. The highest BCUT2D eigenvalue weighted by Crippen LogP contribution is 2.29. The lowest BCUT2D eigenvalue weighted by atomic mass is 10.3. The van der Waals surface area contributed by atoms with Gasteiger partial charge in [-0.2, -0.15) is 9.40 Å². The minimum absolute atomic E-state index is 0.0670. The van der Waals surface area contributed by atoms with E-state index >= 15 is 0 Å². The van der Waals surface area contributed by atoms with Crippen LogP contribution in [0.2, 0.25) is 5.02 Å². The standard InChI is InChI=1S/C11H13ClN4O2S/c1-16(7-8-5-14-15-6-8)19(17,18)11-9(12)3-2-4-10(11)13/h2-6H,7,13H2,1H3,(H,14,15). The number of hydrogen-bond acceptors (Lipinski definition) is 4. The maximum Gasteiger partial charge on any atom is 0.246 e. The van der Waals surface area contributed by atoms with E-state index in [4.69, 9.17) is 17.3 Å². The van der Waals surface area contributed by atoms with Crippen molar-refractivity contribution in [3.63, 3.8) is 0 Å². The zero-order chi connectivity index (χ0) is 14.0. The van der Waals surface area contributed by atoms with Gasteiger partial charge in [-0.25, -0.2) is 8.42 Å². The Hall–Kier alpha value is -1.57. The van der Waals surface area contributed by atoms with Crippen molar-refractivity contribution in [2.45, 2.75) is 11.4 Å². The maximum absolute atomic E-state index is 12.4. The minimum atomic E-state index is -3.74. The van der Waals surface area contributed by atoms with Crippen LogP contribution in [0.5, 0.6) is 0 Å². The summed E-state index contributed by atoms with van der Waals surface area (Å²) in [5, 5.41) is 6.50. The topological polar surface area (TPSA) is 92.1 Å². The van der Waals surface area contributed by atoms with Gasteiger partial charge in [-0.1, -0.05) is 17.7 Å². The van der Waals surface area contributed by atoms with Gasteiger partial charge in [-0.3, -0.25) is 5.10 Å². The van der Waals surface area contributed by atoms with E-state index < -0.39 is 10.0 Å². The largest absolute Gasteiger partial charge is 0.398 e. The van der Waals surface area contributed by atoms with E-state index in [9.17, 15) is 8.42 Å². The molecule has 102 valence electrons. The normalized spacial score (nSPS) is 11.9. The van der Waals surface area contributed by atoms with E-state index in [2.05, 4.69) is 10.2 Å². The van der Waals surface area contributed by atoms with Crippen LogP contribution >= 0.6 is 11.6 Å². The molecule has 1 heterocycles. The molecule has 0 bridgehead atoms. The Morgan fingerprint density at radius 2 is 2.21 bits per heavy atom. The van der Waals surface area contributed by atoms with Crippen molar-refractivity contribution < 1.29 is 8.42 Å². The van der Waals surface area contributed by atoms with Gasteiger partial charge in [0.25, 0.3) is 0 Å². The number of benzene rings is 1. The SMILES string of the molecule is CN(Cc1cn[nH]c1)S(=O)(=O)c1c(N)cccc1Cl. The number of nitrogens with two attached hydrogens (primary N) is 1. The van der Waals surface area contributed by atoms with E-state index in [0.29, 0.717) is 0 Å². The van der Waals surface area contributed by atoms with Gasteiger partial charge in [0.1, 0.15) is 4.90 Å². The number of anilines is 1. The Balaban J connectivity index is 2.37. The fourth-order valence-electron chi connectivity index (χ4n) is 1.66. The minimum Gasteiger partial charge on any atom is -0.398 e. The zero-order valence-electron chi connectivity index (χ0n) is 10.2. The molecular weight excluding hydrogens is 288 g/mol. The molecule has 0 aliphatic heterocycles. The van der Waals surface area contributed by atoms with Crippen LogP contribution in [0.3, 0.4) is 0 Å².